The Morgan fingerprint density at radius 3 is 2.96 bits per heavy atom. The Hall–Kier alpha value is -1.54. The predicted molar refractivity (Wildman–Crippen MR) is 90.8 cm³/mol. The van der Waals surface area contributed by atoms with Crippen LogP contribution in [0.1, 0.15) is 50.0 Å². The number of methoxy groups -OCH3 is 1. The lowest BCUT2D eigenvalue weighted by atomic mass is 9.85. The van der Waals surface area contributed by atoms with E-state index in [0.717, 1.165) is 11.4 Å². The van der Waals surface area contributed by atoms with E-state index in [0.29, 0.717) is 36.4 Å². The van der Waals surface area contributed by atoms with Gasteiger partial charge in [-0.15, -0.1) is 10.2 Å². The maximum absolute atomic E-state index is 12.4. The van der Waals surface area contributed by atoms with Crippen LogP contribution in [0.2, 0.25) is 0 Å². The van der Waals surface area contributed by atoms with Gasteiger partial charge in [-0.1, -0.05) is 24.2 Å². The number of nitrogens with one attached hydrogen (secondary N) is 2. The van der Waals surface area contributed by atoms with Crippen LogP contribution in [-0.4, -0.2) is 41.3 Å². The van der Waals surface area contributed by atoms with Crippen LogP contribution in [0.3, 0.4) is 0 Å². The molecule has 0 aromatic carbocycles. The van der Waals surface area contributed by atoms with Crippen molar-refractivity contribution in [3.63, 3.8) is 0 Å². The predicted octanol–water partition coefficient (Wildman–Crippen LogP) is 1.89. The summed E-state index contributed by atoms with van der Waals surface area (Å²) in [6, 6.07) is 0.377. The Morgan fingerprint density at radius 2 is 2.17 bits per heavy atom. The molecule has 3 atom stereocenters. The SMILES string of the molecule is COC(=O)CCCc1nnc(NC(=O)C2CC3CCCCC3N2)s1. The van der Waals surface area contributed by atoms with Gasteiger partial charge in [0, 0.05) is 18.9 Å². The first kappa shape index (κ1) is 17.3. The van der Waals surface area contributed by atoms with Crippen molar-refractivity contribution < 1.29 is 14.3 Å². The van der Waals surface area contributed by atoms with Crippen molar-refractivity contribution in [3.05, 3.63) is 5.01 Å². The molecule has 3 rings (SSSR count). The fraction of sp³-hybridized carbons (Fsp3) is 0.750. The number of anilines is 1. The van der Waals surface area contributed by atoms with E-state index in [-0.39, 0.29) is 17.9 Å². The second-order valence-corrected chi connectivity index (χ2v) is 7.59. The summed E-state index contributed by atoms with van der Waals surface area (Å²) in [6.07, 6.45) is 7.56. The first-order valence-corrected chi connectivity index (χ1v) is 9.43. The highest BCUT2D eigenvalue weighted by molar-refractivity contribution is 7.15. The highest BCUT2D eigenvalue weighted by Crippen LogP contribution is 2.33. The smallest absolute Gasteiger partial charge is 0.305 e. The standard InChI is InChI=1S/C16H24N4O3S/c1-23-14(21)8-4-7-13-19-20-16(24-13)18-15(22)12-9-10-5-2-3-6-11(10)17-12/h10-12,17H,2-9H2,1H3,(H,18,20,22). The molecule has 132 valence electrons. The second kappa shape index (κ2) is 8.02. The van der Waals surface area contributed by atoms with Crippen LogP contribution in [-0.2, 0) is 20.7 Å². The Kier molecular flexibility index (Phi) is 5.78. The number of ether oxygens (including phenoxy) is 1. The van der Waals surface area contributed by atoms with E-state index in [1.54, 1.807) is 0 Å². The lowest BCUT2D eigenvalue weighted by Crippen LogP contribution is -2.39. The zero-order chi connectivity index (χ0) is 16.9. The van der Waals surface area contributed by atoms with Crippen LogP contribution in [0, 0.1) is 5.92 Å². The molecule has 2 N–H and O–H groups in total. The maximum Gasteiger partial charge on any atom is 0.305 e. The lowest BCUT2D eigenvalue weighted by Gasteiger charge is -2.24. The van der Waals surface area contributed by atoms with Gasteiger partial charge < -0.3 is 10.1 Å². The van der Waals surface area contributed by atoms with Crippen LogP contribution in [0.5, 0.6) is 0 Å². The van der Waals surface area contributed by atoms with Gasteiger partial charge in [-0.2, -0.15) is 0 Å². The molecule has 3 unspecified atom stereocenters. The molecule has 0 radical (unpaired) electrons. The highest BCUT2D eigenvalue weighted by Gasteiger charge is 2.38. The topological polar surface area (TPSA) is 93.2 Å². The van der Waals surface area contributed by atoms with E-state index in [1.807, 2.05) is 0 Å². The van der Waals surface area contributed by atoms with E-state index >= 15 is 0 Å². The minimum Gasteiger partial charge on any atom is -0.469 e. The average Bonchev–Trinajstić information content (AvgIpc) is 3.21. The van der Waals surface area contributed by atoms with Crippen molar-refractivity contribution in [2.45, 2.75) is 63.5 Å². The zero-order valence-electron chi connectivity index (χ0n) is 13.9. The largest absolute Gasteiger partial charge is 0.469 e. The first-order chi connectivity index (χ1) is 11.7. The molecule has 1 aromatic heterocycles. The van der Waals surface area contributed by atoms with Crippen molar-refractivity contribution in [1.82, 2.24) is 15.5 Å². The summed E-state index contributed by atoms with van der Waals surface area (Å²) >= 11 is 1.37. The third-order valence-corrected chi connectivity index (χ3v) is 5.77. The molecule has 1 aliphatic heterocycles. The number of hydrogen-bond acceptors (Lipinski definition) is 7. The van der Waals surface area contributed by atoms with Crippen LogP contribution in [0.15, 0.2) is 0 Å². The average molecular weight is 352 g/mol. The number of hydrogen-bond donors (Lipinski definition) is 2. The molecule has 0 spiro atoms. The van der Waals surface area contributed by atoms with Crippen LogP contribution in [0.4, 0.5) is 5.13 Å². The van der Waals surface area contributed by atoms with Crippen molar-refractivity contribution in [2.75, 3.05) is 12.4 Å². The summed E-state index contributed by atoms with van der Waals surface area (Å²) in [5.41, 5.74) is 0. The molecule has 24 heavy (non-hydrogen) atoms. The summed E-state index contributed by atoms with van der Waals surface area (Å²) in [6.45, 7) is 0. The van der Waals surface area contributed by atoms with Gasteiger partial charge in [0.05, 0.1) is 13.2 Å². The molecular weight excluding hydrogens is 328 g/mol. The summed E-state index contributed by atoms with van der Waals surface area (Å²) in [5, 5.41) is 15.8. The van der Waals surface area contributed by atoms with Crippen LogP contribution >= 0.6 is 11.3 Å². The van der Waals surface area contributed by atoms with Crippen molar-refractivity contribution >= 4 is 28.3 Å². The van der Waals surface area contributed by atoms with Gasteiger partial charge in [0.15, 0.2) is 0 Å². The van der Waals surface area contributed by atoms with Crippen molar-refractivity contribution in [1.29, 1.82) is 0 Å². The Balaban J connectivity index is 1.46. The van der Waals surface area contributed by atoms with Crippen LogP contribution < -0.4 is 10.6 Å². The summed E-state index contributed by atoms with van der Waals surface area (Å²) in [4.78, 5) is 23.5. The maximum atomic E-state index is 12.4. The number of aryl methyl sites for hydroxylation is 1. The number of carbonyl (C=O) groups is 2. The Labute approximate surface area is 145 Å². The third kappa shape index (κ3) is 4.30. The highest BCUT2D eigenvalue weighted by atomic mass is 32.1. The number of rotatable bonds is 6. The van der Waals surface area contributed by atoms with E-state index in [4.69, 9.17) is 0 Å². The molecule has 0 bridgehead atoms. The van der Waals surface area contributed by atoms with Gasteiger partial charge >= 0.3 is 5.97 Å². The minimum absolute atomic E-state index is 0.0124. The minimum atomic E-state index is -0.221. The third-order valence-electron chi connectivity index (χ3n) is 4.88. The number of esters is 1. The number of fused-ring (bicyclic) bond motifs is 1. The molecule has 7 nitrogen and oxygen atoms in total. The van der Waals surface area contributed by atoms with E-state index in [1.165, 1.54) is 44.1 Å². The molecule has 1 aliphatic carbocycles. The quantitative estimate of drug-likeness (QED) is 0.760. The van der Waals surface area contributed by atoms with Gasteiger partial charge in [0.25, 0.3) is 0 Å². The summed E-state index contributed by atoms with van der Waals surface area (Å²) < 4.78 is 4.61. The fourth-order valence-electron chi connectivity index (χ4n) is 3.60. The van der Waals surface area contributed by atoms with Crippen molar-refractivity contribution in [3.8, 4) is 0 Å². The molecule has 1 amide bonds. The van der Waals surface area contributed by atoms with Crippen molar-refractivity contribution in [2.24, 2.45) is 5.92 Å². The van der Waals surface area contributed by atoms with E-state index in [2.05, 4.69) is 25.6 Å². The van der Waals surface area contributed by atoms with Crippen LogP contribution in [0.25, 0.3) is 0 Å². The molecule has 2 fully saturated rings. The Morgan fingerprint density at radius 1 is 1.33 bits per heavy atom. The molecule has 8 heteroatoms. The number of nitrogens with zero attached hydrogens (tertiary/aromatic N) is 2. The number of aromatic nitrogens is 2. The second-order valence-electron chi connectivity index (χ2n) is 6.53. The normalized spacial score (nSPS) is 26.0. The molecular formula is C16H24N4O3S. The summed E-state index contributed by atoms with van der Waals surface area (Å²) in [7, 11) is 1.38. The lowest BCUT2D eigenvalue weighted by molar-refractivity contribution is -0.140. The Bertz CT molecular complexity index is 578. The van der Waals surface area contributed by atoms with E-state index in [9.17, 15) is 9.59 Å². The zero-order valence-corrected chi connectivity index (χ0v) is 14.7. The van der Waals surface area contributed by atoms with E-state index < -0.39 is 0 Å². The first-order valence-electron chi connectivity index (χ1n) is 8.62. The monoisotopic (exact) mass is 352 g/mol. The van der Waals surface area contributed by atoms with Gasteiger partial charge in [-0.3, -0.25) is 14.9 Å². The van der Waals surface area contributed by atoms with Gasteiger partial charge in [0.2, 0.25) is 11.0 Å². The number of carbonyl (C=O) groups excluding carboxylic acids is 2. The molecule has 1 aromatic rings. The fourth-order valence-corrected chi connectivity index (χ4v) is 4.39. The van der Waals surface area contributed by atoms with Gasteiger partial charge in [-0.05, 0) is 31.6 Å². The van der Waals surface area contributed by atoms with Gasteiger partial charge in [0.1, 0.15) is 5.01 Å². The number of amides is 1. The molecule has 1 saturated carbocycles. The molecule has 2 heterocycles. The molecule has 2 aliphatic rings. The molecule has 1 saturated heterocycles. The summed E-state index contributed by atoms with van der Waals surface area (Å²) in [5.74, 6) is 0.404. The van der Waals surface area contributed by atoms with Gasteiger partial charge in [-0.25, -0.2) is 0 Å².